The first-order chi connectivity index (χ1) is 13.3. The molecule has 0 saturated carbocycles. The fourth-order valence-electron chi connectivity index (χ4n) is 3.04. The van der Waals surface area contributed by atoms with Crippen molar-refractivity contribution in [1.29, 1.82) is 0 Å². The number of Topliss-reactive ketones (excluding diaryl/α,β-unsaturated/α-hetero) is 1. The van der Waals surface area contributed by atoms with Gasteiger partial charge in [0.15, 0.2) is 0 Å². The van der Waals surface area contributed by atoms with Crippen LogP contribution >= 0.6 is 0 Å². The largest absolute Gasteiger partial charge is 0.573 e. The van der Waals surface area contributed by atoms with Crippen LogP contribution in [0.3, 0.4) is 0 Å². The number of amides is 1. The molecule has 1 aliphatic heterocycles. The monoisotopic (exact) mass is 393 g/mol. The first kappa shape index (κ1) is 19.7. The smallest absolute Gasteiger partial charge is 0.445 e. The maximum absolute atomic E-state index is 12.5. The Balaban J connectivity index is 1.71. The van der Waals surface area contributed by atoms with Crippen molar-refractivity contribution in [2.75, 3.05) is 6.54 Å². The predicted molar refractivity (Wildman–Crippen MR) is 93.4 cm³/mol. The zero-order chi connectivity index (χ0) is 20.1. The van der Waals surface area contributed by atoms with E-state index in [2.05, 4.69) is 4.74 Å². The molecule has 148 valence electrons. The Hall–Kier alpha value is -3.03. The van der Waals surface area contributed by atoms with Gasteiger partial charge in [0.05, 0.1) is 6.04 Å². The molecule has 28 heavy (non-hydrogen) atoms. The number of nitrogens with zero attached hydrogens (tertiary/aromatic N) is 1. The van der Waals surface area contributed by atoms with E-state index in [9.17, 15) is 22.8 Å². The van der Waals surface area contributed by atoms with Crippen molar-refractivity contribution < 1.29 is 32.2 Å². The first-order valence-electron chi connectivity index (χ1n) is 8.66. The van der Waals surface area contributed by atoms with Crippen LogP contribution in [-0.4, -0.2) is 29.7 Å². The lowest BCUT2D eigenvalue weighted by molar-refractivity contribution is -0.274. The summed E-state index contributed by atoms with van der Waals surface area (Å²) in [5, 5.41) is 0. The van der Waals surface area contributed by atoms with Gasteiger partial charge in [-0.3, -0.25) is 4.79 Å². The Kier molecular flexibility index (Phi) is 5.87. The van der Waals surface area contributed by atoms with Crippen molar-refractivity contribution >= 4 is 11.9 Å². The van der Waals surface area contributed by atoms with E-state index in [1.807, 2.05) is 30.3 Å². The molecule has 0 bridgehead atoms. The lowest BCUT2D eigenvalue weighted by Crippen LogP contribution is -2.41. The Morgan fingerprint density at radius 3 is 2.39 bits per heavy atom. The Bertz CT molecular complexity index is 822. The van der Waals surface area contributed by atoms with Crippen LogP contribution in [-0.2, 0) is 16.1 Å². The third kappa shape index (κ3) is 5.25. The zero-order valence-corrected chi connectivity index (χ0v) is 14.8. The molecule has 3 rings (SSSR count). The van der Waals surface area contributed by atoms with E-state index >= 15 is 0 Å². The quantitative estimate of drug-likeness (QED) is 0.760. The van der Waals surface area contributed by atoms with Gasteiger partial charge in [0.1, 0.15) is 18.1 Å². The highest BCUT2D eigenvalue weighted by Crippen LogP contribution is 2.32. The molecule has 1 heterocycles. The van der Waals surface area contributed by atoms with E-state index < -0.39 is 18.5 Å². The molecule has 1 aliphatic rings. The molecule has 1 atom stereocenters. The van der Waals surface area contributed by atoms with E-state index in [-0.39, 0.29) is 37.5 Å². The maximum atomic E-state index is 12.5. The molecule has 1 amide bonds. The van der Waals surface area contributed by atoms with Crippen LogP contribution in [0.25, 0.3) is 0 Å². The van der Waals surface area contributed by atoms with Crippen LogP contribution in [0, 0.1) is 0 Å². The summed E-state index contributed by atoms with van der Waals surface area (Å²) in [6.45, 7) is 0.285. The van der Waals surface area contributed by atoms with Crippen molar-refractivity contribution in [3.63, 3.8) is 0 Å². The summed E-state index contributed by atoms with van der Waals surface area (Å²) in [5.41, 5.74) is 1.37. The summed E-state index contributed by atoms with van der Waals surface area (Å²) >= 11 is 0. The molecule has 2 aromatic rings. The van der Waals surface area contributed by atoms with Crippen LogP contribution in [0.4, 0.5) is 18.0 Å². The number of likely N-dealkylation sites (tertiary alicyclic amines) is 1. The van der Waals surface area contributed by atoms with Gasteiger partial charge in [-0.15, -0.1) is 13.2 Å². The highest BCUT2D eigenvalue weighted by Gasteiger charge is 2.34. The van der Waals surface area contributed by atoms with Crippen LogP contribution in [0.15, 0.2) is 54.6 Å². The second kappa shape index (κ2) is 8.33. The van der Waals surface area contributed by atoms with Crippen LogP contribution in [0.5, 0.6) is 5.75 Å². The van der Waals surface area contributed by atoms with Gasteiger partial charge in [-0.2, -0.15) is 0 Å². The number of piperidine rings is 1. The Morgan fingerprint density at radius 2 is 1.75 bits per heavy atom. The van der Waals surface area contributed by atoms with Gasteiger partial charge in [-0.05, 0) is 23.3 Å². The minimum absolute atomic E-state index is 0.0206. The molecule has 0 spiro atoms. The zero-order valence-electron chi connectivity index (χ0n) is 14.8. The van der Waals surface area contributed by atoms with Crippen molar-refractivity contribution in [2.45, 2.75) is 31.9 Å². The number of alkyl halides is 3. The summed E-state index contributed by atoms with van der Waals surface area (Å²) in [7, 11) is 0. The molecule has 0 radical (unpaired) electrons. The minimum atomic E-state index is -4.78. The minimum Gasteiger partial charge on any atom is -0.445 e. The molecular formula is C20H18F3NO4. The number of hydrogen-bond acceptors (Lipinski definition) is 4. The van der Waals surface area contributed by atoms with E-state index in [1.54, 1.807) is 0 Å². The van der Waals surface area contributed by atoms with E-state index in [4.69, 9.17) is 4.74 Å². The van der Waals surface area contributed by atoms with E-state index in [0.29, 0.717) is 5.56 Å². The second-order valence-corrected chi connectivity index (χ2v) is 6.36. The van der Waals surface area contributed by atoms with Gasteiger partial charge in [-0.1, -0.05) is 42.5 Å². The number of halogens is 3. The summed E-state index contributed by atoms with van der Waals surface area (Å²) in [6.07, 6.45) is -5.06. The van der Waals surface area contributed by atoms with Gasteiger partial charge in [0.2, 0.25) is 0 Å². The van der Waals surface area contributed by atoms with E-state index in [0.717, 1.165) is 17.7 Å². The summed E-state index contributed by atoms with van der Waals surface area (Å²) in [5.74, 6) is -0.385. The number of ketones is 1. The number of rotatable bonds is 4. The molecule has 0 N–H and O–H groups in total. The van der Waals surface area contributed by atoms with Crippen molar-refractivity contribution in [3.8, 4) is 5.75 Å². The Morgan fingerprint density at radius 1 is 1.07 bits per heavy atom. The summed E-state index contributed by atoms with van der Waals surface area (Å²) in [4.78, 5) is 25.9. The molecule has 2 aromatic carbocycles. The summed E-state index contributed by atoms with van der Waals surface area (Å²) < 4.78 is 46.1. The van der Waals surface area contributed by atoms with Gasteiger partial charge < -0.3 is 14.4 Å². The van der Waals surface area contributed by atoms with Crippen molar-refractivity contribution in [1.82, 2.24) is 4.90 Å². The van der Waals surface area contributed by atoms with Crippen molar-refractivity contribution in [2.24, 2.45) is 0 Å². The lowest BCUT2D eigenvalue weighted by Gasteiger charge is -2.34. The maximum Gasteiger partial charge on any atom is 0.573 e. The van der Waals surface area contributed by atoms with Crippen molar-refractivity contribution in [3.05, 3.63) is 65.7 Å². The molecule has 1 saturated heterocycles. The number of carbonyl (C=O) groups excluding carboxylic acids is 2. The SMILES string of the molecule is O=C1CCN(C(=O)OCc2ccccc2)[C@@H](c2ccc(OC(F)(F)F)cc2)C1. The number of ether oxygens (including phenoxy) is 2. The molecular weight excluding hydrogens is 375 g/mol. The standard InChI is InChI=1S/C20H18F3NO4/c21-20(22,23)28-17-8-6-15(7-9-17)18-12-16(25)10-11-24(18)19(26)27-13-14-4-2-1-3-5-14/h1-9,18H,10-13H2/t18-/m1/s1. The van der Waals surface area contributed by atoms with Crippen LogP contribution in [0.2, 0.25) is 0 Å². The average molecular weight is 393 g/mol. The topological polar surface area (TPSA) is 55.8 Å². The molecule has 0 unspecified atom stereocenters. The summed E-state index contributed by atoms with van der Waals surface area (Å²) in [6, 6.07) is 13.7. The van der Waals surface area contributed by atoms with Crippen LogP contribution < -0.4 is 4.74 Å². The highest BCUT2D eigenvalue weighted by atomic mass is 19.4. The van der Waals surface area contributed by atoms with Gasteiger partial charge >= 0.3 is 12.5 Å². The second-order valence-electron chi connectivity index (χ2n) is 6.36. The predicted octanol–water partition coefficient (Wildman–Crippen LogP) is 4.63. The molecule has 8 heteroatoms. The third-order valence-corrected chi connectivity index (χ3v) is 4.37. The average Bonchev–Trinajstić information content (AvgIpc) is 2.66. The number of hydrogen-bond donors (Lipinski definition) is 0. The van der Waals surface area contributed by atoms with Gasteiger partial charge in [0, 0.05) is 19.4 Å². The third-order valence-electron chi connectivity index (χ3n) is 4.37. The van der Waals surface area contributed by atoms with Gasteiger partial charge in [-0.25, -0.2) is 4.79 Å². The molecule has 5 nitrogen and oxygen atoms in total. The van der Waals surface area contributed by atoms with E-state index in [1.165, 1.54) is 17.0 Å². The molecule has 0 aliphatic carbocycles. The van der Waals surface area contributed by atoms with Crippen LogP contribution in [0.1, 0.15) is 30.0 Å². The highest BCUT2D eigenvalue weighted by molar-refractivity contribution is 5.82. The van der Waals surface area contributed by atoms with Gasteiger partial charge in [0.25, 0.3) is 0 Å². The first-order valence-corrected chi connectivity index (χ1v) is 8.66. The number of carbonyl (C=O) groups is 2. The normalized spacial score (nSPS) is 17.3. The molecule has 0 aromatic heterocycles. The Labute approximate surface area is 159 Å². The fraction of sp³-hybridized carbons (Fsp3) is 0.300. The number of benzene rings is 2. The fourth-order valence-corrected chi connectivity index (χ4v) is 3.04. The molecule has 1 fully saturated rings. The lowest BCUT2D eigenvalue weighted by atomic mass is 9.95.